The van der Waals surface area contributed by atoms with E-state index in [1.807, 2.05) is 42.5 Å². The van der Waals surface area contributed by atoms with E-state index in [0.717, 1.165) is 10.5 Å². The van der Waals surface area contributed by atoms with E-state index in [1.165, 1.54) is 11.8 Å². The molecule has 1 aliphatic heterocycles. The molecule has 9 heteroatoms. The Labute approximate surface area is 213 Å². The Bertz CT molecular complexity index is 1340. The van der Waals surface area contributed by atoms with Crippen molar-refractivity contribution in [2.75, 3.05) is 11.5 Å². The van der Waals surface area contributed by atoms with Gasteiger partial charge < -0.3 is 10.6 Å². The predicted octanol–water partition coefficient (Wildman–Crippen LogP) is 4.53. The molecule has 35 heavy (non-hydrogen) atoms. The number of carbonyl (C=O) groups is 2. The molecule has 1 aliphatic rings. The van der Waals surface area contributed by atoms with Crippen molar-refractivity contribution in [2.24, 2.45) is 0 Å². The van der Waals surface area contributed by atoms with Gasteiger partial charge in [-0.05, 0) is 48.4 Å². The summed E-state index contributed by atoms with van der Waals surface area (Å²) in [5, 5.41) is 6.18. The van der Waals surface area contributed by atoms with Gasteiger partial charge in [-0.25, -0.2) is 8.42 Å². The number of thioether (sulfide) groups is 1. The second kappa shape index (κ2) is 11.1. The van der Waals surface area contributed by atoms with E-state index in [1.54, 1.807) is 42.5 Å². The number of benzene rings is 3. The molecule has 0 aromatic heterocycles. The summed E-state index contributed by atoms with van der Waals surface area (Å²) in [5.74, 6) is -1.08. The zero-order valence-corrected chi connectivity index (χ0v) is 21.0. The number of nitrogens with one attached hydrogen (secondary N) is 2. The topological polar surface area (TPSA) is 92.3 Å². The van der Waals surface area contributed by atoms with Crippen LogP contribution in [0.2, 0.25) is 5.02 Å². The van der Waals surface area contributed by atoms with Crippen LogP contribution < -0.4 is 10.6 Å². The lowest BCUT2D eigenvalue weighted by atomic mass is 10.1. The summed E-state index contributed by atoms with van der Waals surface area (Å²) >= 11 is 7.35. The highest BCUT2D eigenvalue weighted by Crippen LogP contribution is 2.37. The van der Waals surface area contributed by atoms with Crippen LogP contribution in [0.25, 0.3) is 4.91 Å². The summed E-state index contributed by atoms with van der Waals surface area (Å²) in [6, 6.07) is 24.5. The molecule has 0 saturated carbocycles. The molecule has 1 saturated heterocycles. The summed E-state index contributed by atoms with van der Waals surface area (Å²) < 4.78 is 23.9. The minimum absolute atomic E-state index is 0.0262. The van der Waals surface area contributed by atoms with Crippen molar-refractivity contribution in [2.45, 2.75) is 17.4 Å². The average Bonchev–Trinajstić information content (AvgIpc) is 3.21. The Morgan fingerprint density at radius 3 is 2.03 bits per heavy atom. The van der Waals surface area contributed by atoms with Crippen molar-refractivity contribution in [3.63, 3.8) is 0 Å². The van der Waals surface area contributed by atoms with E-state index in [-0.39, 0.29) is 17.2 Å². The molecule has 1 heterocycles. The van der Waals surface area contributed by atoms with Gasteiger partial charge in [-0.2, -0.15) is 0 Å². The molecule has 2 amide bonds. The number of hydrogen-bond acceptors (Lipinski definition) is 5. The van der Waals surface area contributed by atoms with Crippen molar-refractivity contribution in [3.8, 4) is 0 Å². The van der Waals surface area contributed by atoms with Gasteiger partial charge in [0.15, 0.2) is 9.84 Å². The van der Waals surface area contributed by atoms with Crippen LogP contribution >= 0.6 is 23.4 Å². The Kier molecular flexibility index (Phi) is 7.95. The summed E-state index contributed by atoms with van der Waals surface area (Å²) in [6.45, 7) is 0. The van der Waals surface area contributed by atoms with Crippen LogP contribution in [0.3, 0.4) is 0 Å². The molecule has 0 radical (unpaired) electrons. The number of sulfone groups is 1. The van der Waals surface area contributed by atoms with Crippen molar-refractivity contribution in [3.05, 3.63) is 107 Å². The molecule has 3 aromatic carbocycles. The summed E-state index contributed by atoms with van der Waals surface area (Å²) in [4.78, 5) is 27.9. The number of amides is 2. The maximum Gasteiger partial charge on any atom is 0.269 e. The van der Waals surface area contributed by atoms with E-state index in [4.69, 9.17) is 11.6 Å². The van der Waals surface area contributed by atoms with Gasteiger partial charge in [0.2, 0.25) is 0 Å². The van der Waals surface area contributed by atoms with Crippen molar-refractivity contribution in [1.82, 2.24) is 10.6 Å². The monoisotopic (exact) mass is 526 g/mol. The predicted molar refractivity (Wildman–Crippen MR) is 140 cm³/mol. The lowest BCUT2D eigenvalue weighted by Gasteiger charge is -2.19. The third kappa shape index (κ3) is 6.75. The van der Waals surface area contributed by atoms with Gasteiger partial charge in [-0.1, -0.05) is 71.9 Å². The highest BCUT2D eigenvalue weighted by Gasteiger charge is 2.31. The second-order valence-corrected chi connectivity index (χ2v) is 11.8. The van der Waals surface area contributed by atoms with E-state index < -0.39 is 27.7 Å². The Morgan fingerprint density at radius 1 is 0.857 bits per heavy atom. The molecule has 1 fully saturated rings. The maximum absolute atomic E-state index is 13.5. The minimum Gasteiger partial charge on any atom is -0.347 e. The quantitative estimate of drug-likeness (QED) is 0.348. The standard InChI is InChI=1S/C26H23ClN2O4S2/c27-20-11-13-22(14-12-20)34-24(18-7-3-1-4-8-18)23(29-25(30)19-9-5-2-6-10-19)26(31)28-21-15-16-35(32,33)17-21/h1-14,21H,15-17H2,(H,28,31)(H,29,30)/b24-23-/t21-/m0/s1. The fourth-order valence-electron chi connectivity index (χ4n) is 3.62. The third-order valence-corrected chi connectivity index (χ3v) is 8.54. The largest absolute Gasteiger partial charge is 0.347 e. The zero-order chi connectivity index (χ0) is 24.8. The number of hydrogen-bond donors (Lipinski definition) is 2. The number of carbonyl (C=O) groups excluding carboxylic acids is 2. The van der Waals surface area contributed by atoms with Gasteiger partial charge in [0, 0.05) is 26.4 Å². The first-order valence-corrected chi connectivity index (χ1v) is 13.9. The molecule has 0 unspecified atom stereocenters. The lowest BCUT2D eigenvalue weighted by molar-refractivity contribution is -0.118. The van der Waals surface area contributed by atoms with Crippen LogP contribution in [0.5, 0.6) is 0 Å². The van der Waals surface area contributed by atoms with Gasteiger partial charge in [0.25, 0.3) is 11.8 Å². The fourth-order valence-corrected chi connectivity index (χ4v) is 6.43. The fraction of sp³-hybridized carbons (Fsp3) is 0.154. The van der Waals surface area contributed by atoms with Gasteiger partial charge >= 0.3 is 0 Å². The molecule has 3 aromatic rings. The highest BCUT2D eigenvalue weighted by molar-refractivity contribution is 8.08. The van der Waals surface area contributed by atoms with Gasteiger partial charge in [-0.15, -0.1) is 0 Å². The van der Waals surface area contributed by atoms with E-state index in [2.05, 4.69) is 10.6 Å². The SMILES string of the molecule is O=C(N[C@H]1CCS(=O)(=O)C1)/C(NC(=O)c1ccccc1)=C(/Sc1ccc(Cl)cc1)c1ccccc1. The molecular formula is C26H23ClN2O4S2. The molecule has 180 valence electrons. The van der Waals surface area contributed by atoms with E-state index >= 15 is 0 Å². The summed E-state index contributed by atoms with van der Waals surface area (Å²) in [6.07, 6.45) is 0.332. The van der Waals surface area contributed by atoms with Crippen LogP contribution in [0.15, 0.2) is 95.5 Å². The Hall–Kier alpha value is -3.07. The van der Waals surface area contributed by atoms with Gasteiger partial charge in [-0.3, -0.25) is 9.59 Å². The molecule has 4 rings (SSSR count). The van der Waals surface area contributed by atoms with E-state index in [9.17, 15) is 18.0 Å². The molecule has 0 bridgehead atoms. The Balaban J connectivity index is 1.76. The first kappa shape index (κ1) is 25.0. The maximum atomic E-state index is 13.5. The first-order chi connectivity index (χ1) is 16.8. The molecule has 0 spiro atoms. The normalized spacial score (nSPS) is 17.3. The van der Waals surface area contributed by atoms with Crippen LogP contribution in [-0.4, -0.2) is 37.8 Å². The molecule has 0 aliphatic carbocycles. The van der Waals surface area contributed by atoms with E-state index in [0.29, 0.717) is 21.9 Å². The smallest absolute Gasteiger partial charge is 0.269 e. The van der Waals surface area contributed by atoms with Crippen LogP contribution in [0.4, 0.5) is 0 Å². The van der Waals surface area contributed by atoms with Crippen molar-refractivity contribution >= 4 is 49.9 Å². The van der Waals surface area contributed by atoms with Crippen LogP contribution in [0, 0.1) is 0 Å². The molecule has 2 N–H and O–H groups in total. The average molecular weight is 527 g/mol. The first-order valence-electron chi connectivity index (χ1n) is 10.9. The summed E-state index contributed by atoms with van der Waals surface area (Å²) in [7, 11) is -3.19. The number of rotatable bonds is 7. The van der Waals surface area contributed by atoms with Crippen LogP contribution in [0.1, 0.15) is 22.3 Å². The van der Waals surface area contributed by atoms with Crippen molar-refractivity contribution in [1.29, 1.82) is 0 Å². The molecular weight excluding hydrogens is 504 g/mol. The number of halogens is 1. The molecule has 1 atom stereocenters. The van der Waals surface area contributed by atoms with Crippen LogP contribution in [-0.2, 0) is 14.6 Å². The highest BCUT2D eigenvalue weighted by atomic mass is 35.5. The third-order valence-electron chi connectivity index (χ3n) is 5.37. The Morgan fingerprint density at radius 2 is 1.46 bits per heavy atom. The van der Waals surface area contributed by atoms with Gasteiger partial charge in [0.05, 0.1) is 11.5 Å². The van der Waals surface area contributed by atoms with Gasteiger partial charge in [0.1, 0.15) is 5.70 Å². The minimum atomic E-state index is -3.19. The molecule has 6 nitrogen and oxygen atoms in total. The van der Waals surface area contributed by atoms with Crippen molar-refractivity contribution < 1.29 is 18.0 Å². The second-order valence-electron chi connectivity index (χ2n) is 8.02. The summed E-state index contributed by atoms with van der Waals surface area (Å²) in [5.41, 5.74) is 1.17. The lowest BCUT2D eigenvalue weighted by Crippen LogP contribution is -2.41. The zero-order valence-electron chi connectivity index (χ0n) is 18.6.